The fraction of sp³-hybridized carbons (Fsp3) is 0.235. The van der Waals surface area contributed by atoms with E-state index in [9.17, 15) is 4.39 Å². The van der Waals surface area contributed by atoms with Gasteiger partial charge in [-0.25, -0.2) is 4.39 Å². The summed E-state index contributed by atoms with van der Waals surface area (Å²) in [7, 11) is 1.61. The van der Waals surface area contributed by atoms with Crippen molar-refractivity contribution in [1.29, 1.82) is 5.26 Å². The Morgan fingerprint density at radius 2 is 1.86 bits per heavy atom. The van der Waals surface area contributed by atoms with E-state index in [4.69, 9.17) is 14.7 Å². The minimum atomic E-state index is -0.512. The van der Waals surface area contributed by atoms with Crippen LogP contribution < -0.4 is 14.8 Å². The van der Waals surface area contributed by atoms with Gasteiger partial charge in [-0.05, 0) is 42.8 Å². The zero-order valence-electron chi connectivity index (χ0n) is 12.3. The number of hydrogen-bond acceptors (Lipinski definition) is 4. The van der Waals surface area contributed by atoms with Crippen molar-refractivity contribution in [3.63, 3.8) is 0 Å². The van der Waals surface area contributed by atoms with Crippen LogP contribution in [0.15, 0.2) is 42.5 Å². The van der Waals surface area contributed by atoms with E-state index in [0.29, 0.717) is 18.8 Å². The maximum absolute atomic E-state index is 13.4. The first-order valence-electron chi connectivity index (χ1n) is 6.94. The van der Waals surface area contributed by atoms with E-state index in [2.05, 4.69) is 5.32 Å². The van der Waals surface area contributed by atoms with Gasteiger partial charge in [0.15, 0.2) is 0 Å². The maximum Gasteiger partial charge on any atom is 0.143 e. The van der Waals surface area contributed by atoms with E-state index in [-0.39, 0.29) is 5.56 Å². The molecule has 2 aromatic carbocycles. The van der Waals surface area contributed by atoms with Crippen molar-refractivity contribution in [3.8, 4) is 17.6 Å². The number of halogens is 1. The number of rotatable bonds is 7. The molecule has 0 aromatic heterocycles. The quantitative estimate of drug-likeness (QED) is 0.794. The van der Waals surface area contributed by atoms with Crippen molar-refractivity contribution in [1.82, 2.24) is 0 Å². The number of nitrogens with one attached hydrogen (secondary N) is 1. The molecule has 5 heteroatoms. The van der Waals surface area contributed by atoms with Crippen molar-refractivity contribution in [2.75, 3.05) is 25.6 Å². The number of ether oxygens (including phenoxy) is 2. The fourth-order valence-corrected chi connectivity index (χ4v) is 1.94. The lowest BCUT2D eigenvalue weighted by molar-refractivity contribution is 0.314. The lowest BCUT2D eigenvalue weighted by Crippen LogP contribution is -2.08. The van der Waals surface area contributed by atoms with Crippen LogP contribution in [-0.2, 0) is 0 Å². The van der Waals surface area contributed by atoms with Gasteiger partial charge >= 0.3 is 0 Å². The molecule has 0 fully saturated rings. The monoisotopic (exact) mass is 300 g/mol. The number of methoxy groups -OCH3 is 1. The molecule has 22 heavy (non-hydrogen) atoms. The third-order valence-electron chi connectivity index (χ3n) is 3.09. The molecule has 2 rings (SSSR count). The van der Waals surface area contributed by atoms with Gasteiger partial charge < -0.3 is 14.8 Å². The predicted octanol–water partition coefficient (Wildman–Crippen LogP) is 3.59. The van der Waals surface area contributed by atoms with Crippen molar-refractivity contribution in [2.45, 2.75) is 6.42 Å². The number of nitriles is 1. The number of hydrogen-bond donors (Lipinski definition) is 1. The van der Waals surface area contributed by atoms with E-state index in [0.717, 1.165) is 17.9 Å². The van der Waals surface area contributed by atoms with Gasteiger partial charge in [-0.15, -0.1) is 0 Å². The highest BCUT2D eigenvalue weighted by Crippen LogP contribution is 2.18. The summed E-state index contributed by atoms with van der Waals surface area (Å²) in [6, 6.07) is 13.7. The van der Waals surface area contributed by atoms with Gasteiger partial charge in [0.05, 0.1) is 19.4 Å². The summed E-state index contributed by atoms with van der Waals surface area (Å²) in [6.45, 7) is 1.12. The van der Waals surface area contributed by atoms with E-state index < -0.39 is 5.82 Å². The van der Waals surface area contributed by atoms with Crippen LogP contribution in [0.3, 0.4) is 0 Å². The second kappa shape index (κ2) is 7.89. The summed E-state index contributed by atoms with van der Waals surface area (Å²) >= 11 is 0. The molecule has 0 bridgehead atoms. The molecule has 0 saturated heterocycles. The fourth-order valence-electron chi connectivity index (χ4n) is 1.94. The first-order valence-corrected chi connectivity index (χ1v) is 6.94. The lowest BCUT2D eigenvalue weighted by atomic mass is 10.2. The van der Waals surface area contributed by atoms with Gasteiger partial charge in [-0.2, -0.15) is 5.26 Å². The highest BCUT2D eigenvalue weighted by atomic mass is 19.1. The van der Waals surface area contributed by atoms with Crippen molar-refractivity contribution < 1.29 is 13.9 Å². The van der Waals surface area contributed by atoms with E-state index >= 15 is 0 Å². The summed E-state index contributed by atoms with van der Waals surface area (Å²) in [5.74, 6) is 1.04. The highest BCUT2D eigenvalue weighted by molar-refractivity contribution is 5.57. The average molecular weight is 300 g/mol. The zero-order valence-corrected chi connectivity index (χ0v) is 12.3. The number of nitrogens with zero attached hydrogens (tertiary/aromatic N) is 1. The summed E-state index contributed by atoms with van der Waals surface area (Å²) in [4.78, 5) is 0. The second-order valence-electron chi connectivity index (χ2n) is 4.58. The topological polar surface area (TPSA) is 54.3 Å². The van der Waals surface area contributed by atoms with Gasteiger partial charge in [0.2, 0.25) is 0 Å². The second-order valence-corrected chi connectivity index (χ2v) is 4.58. The van der Waals surface area contributed by atoms with Crippen molar-refractivity contribution >= 4 is 5.69 Å². The lowest BCUT2D eigenvalue weighted by Gasteiger charge is -2.10. The highest BCUT2D eigenvalue weighted by Gasteiger charge is 2.06. The first kappa shape index (κ1) is 15.6. The summed E-state index contributed by atoms with van der Waals surface area (Å²) in [5.41, 5.74) is 0.547. The van der Waals surface area contributed by atoms with Crippen LogP contribution >= 0.6 is 0 Å². The van der Waals surface area contributed by atoms with Gasteiger partial charge in [0, 0.05) is 6.54 Å². The normalized spacial score (nSPS) is 9.86. The van der Waals surface area contributed by atoms with E-state index in [1.54, 1.807) is 19.2 Å². The molecule has 1 N–H and O–H groups in total. The number of benzene rings is 2. The van der Waals surface area contributed by atoms with Crippen molar-refractivity contribution in [2.24, 2.45) is 0 Å². The van der Waals surface area contributed by atoms with Gasteiger partial charge in [0.1, 0.15) is 28.9 Å². The minimum absolute atomic E-state index is 0.0403. The molecule has 0 aliphatic rings. The number of anilines is 1. The van der Waals surface area contributed by atoms with Gasteiger partial charge in [-0.3, -0.25) is 0 Å². The Balaban J connectivity index is 1.75. The van der Waals surface area contributed by atoms with E-state index in [1.165, 1.54) is 6.07 Å². The standard InChI is InChI=1S/C17H17FN2O2/c1-21-13-6-8-14(9-7-13)22-11-3-10-20-17-5-2-4-16(18)15(17)12-19/h2,4-9,20H,3,10-11H2,1H3. The molecule has 0 unspecified atom stereocenters. The Labute approximate surface area is 129 Å². The Hall–Kier alpha value is -2.74. The molecule has 0 atom stereocenters. The Bertz CT molecular complexity index is 651. The van der Waals surface area contributed by atoms with E-state index in [1.807, 2.05) is 30.3 Å². The van der Waals surface area contributed by atoms with Gasteiger partial charge in [-0.1, -0.05) is 6.07 Å². The molecule has 0 radical (unpaired) electrons. The third-order valence-corrected chi connectivity index (χ3v) is 3.09. The van der Waals surface area contributed by atoms with Crippen LogP contribution in [0, 0.1) is 17.1 Å². The summed E-state index contributed by atoms with van der Waals surface area (Å²) in [6.07, 6.45) is 0.730. The van der Waals surface area contributed by atoms with Crippen LogP contribution in [0.25, 0.3) is 0 Å². The Morgan fingerprint density at radius 1 is 1.14 bits per heavy atom. The molecule has 0 heterocycles. The van der Waals surface area contributed by atoms with Crippen LogP contribution in [0.1, 0.15) is 12.0 Å². The third kappa shape index (κ3) is 4.13. The molecule has 114 valence electrons. The van der Waals surface area contributed by atoms with Gasteiger partial charge in [0.25, 0.3) is 0 Å². The Morgan fingerprint density at radius 3 is 2.55 bits per heavy atom. The molecule has 2 aromatic rings. The van der Waals surface area contributed by atoms with Crippen LogP contribution in [0.5, 0.6) is 11.5 Å². The van der Waals surface area contributed by atoms with Crippen molar-refractivity contribution in [3.05, 3.63) is 53.8 Å². The summed E-state index contributed by atoms with van der Waals surface area (Å²) < 4.78 is 24.1. The molecular formula is C17H17FN2O2. The molecule has 0 aliphatic carbocycles. The molecule has 0 spiro atoms. The maximum atomic E-state index is 13.4. The Kier molecular flexibility index (Phi) is 5.61. The molecule has 0 aliphatic heterocycles. The molecular weight excluding hydrogens is 283 g/mol. The van der Waals surface area contributed by atoms with Crippen LogP contribution in [0.2, 0.25) is 0 Å². The SMILES string of the molecule is COc1ccc(OCCCNc2cccc(F)c2C#N)cc1. The smallest absolute Gasteiger partial charge is 0.143 e. The molecule has 0 saturated carbocycles. The average Bonchev–Trinajstić information content (AvgIpc) is 2.55. The predicted molar refractivity (Wildman–Crippen MR) is 82.7 cm³/mol. The zero-order chi connectivity index (χ0) is 15.8. The molecule has 4 nitrogen and oxygen atoms in total. The van der Waals surface area contributed by atoms with Crippen LogP contribution in [-0.4, -0.2) is 20.3 Å². The molecule has 0 amide bonds. The van der Waals surface area contributed by atoms with Crippen LogP contribution in [0.4, 0.5) is 10.1 Å². The minimum Gasteiger partial charge on any atom is -0.497 e. The first-order chi connectivity index (χ1) is 10.7. The largest absolute Gasteiger partial charge is 0.497 e. The summed E-state index contributed by atoms with van der Waals surface area (Å²) in [5, 5.41) is 12.0.